The zero-order chi connectivity index (χ0) is 14.5. The highest BCUT2D eigenvalue weighted by Crippen LogP contribution is 2.35. The highest BCUT2D eigenvalue weighted by Gasteiger charge is 2.11. The van der Waals surface area contributed by atoms with Crippen molar-refractivity contribution in [2.24, 2.45) is 0 Å². The minimum absolute atomic E-state index is 0.0199. The van der Waals surface area contributed by atoms with Gasteiger partial charge in [0.05, 0.1) is 28.2 Å². The molecule has 0 aliphatic rings. The monoisotopic (exact) mass is 401 g/mol. The van der Waals surface area contributed by atoms with Crippen molar-refractivity contribution in [3.8, 4) is 11.6 Å². The zero-order valence-corrected chi connectivity index (χ0v) is 13.9. The van der Waals surface area contributed by atoms with Gasteiger partial charge in [0.2, 0.25) is 5.88 Å². The standard InChI is InChI=1S/C14H13Br2NO3/c1-19-14-10(3-2-4-17-14)8-20-13-11(15)5-9(7-18)6-12(13)16/h2-6,18H,7-8H2,1H3. The summed E-state index contributed by atoms with van der Waals surface area (Å²) in [5, 5.41) is 9.15. The first-order valence-electron chi connectivity index (χ1n) is 5.85. The molecule has 0 aliphatic carbocycles. The Morgan fingerprint density at radius 3 is 2.55 bits per heavy atom. The van der Waals surface area contributed by atoms with Crippen LogP contribution in [0.5, 0.6) is 11.6 Å². The number of aliphatic hydroxyl groups excluding tert-OH is 1. The van der Waals surface area contributed by atoms with E-state index in [0.717, 1.165) is 20.1 Å². The number of benzene rings is 1. The zero-order valence-electron chi connectivity index (χ0n) is 10.8. The molecule has 0 bridgehead atoms. The van der Waals surface area contributed by atoms with E-state index in [-0.39, 0.29) is 6.61 Å². The van der Waals surface area contributed by atoms with Crippen LogP contribution in [0.15, 0.2) is 39.4 Å². The van der Waals surface area contributed by atoms with Crippen molar-refractivity contribution in [3.05, 3.63) is 50.5 Å². The average molecular weight is 403 g/mol. The maximum absolute atomic E-state index is 9.15. The van der Waals surface area contributed by atoms with Gasteiger partial charge in [0.15, 0.2) is 0 Å². The predicted molar refractivity (Wildman–Crippen MR) is 82.9 cm³/mol. The molecule has 2 rings (SSSR count). The maximum Gasteiger partial charge on any atom is 0.219 e. The second-order valence-corrected chi connectivity index (χ2v) is 5.72. The Bertz CT molecular complexity index is 582. The van der Waals surface area contributed by atoms with Crippen molar-refractivity contribution < 1.29 is 14.6 Å². The Morgan fingerprint density at radius 2 is 1.95 bits per heavy atom. The number of halogens is 2. The summed E-state index contributed by atoms with van der Waals surface area (Å²) in [6.45, 7) is 0.320. The lowest BCUT2D eigenvalue weighted by Gasteiger charge is -2.13. The Hall–Kier alpha value is -1.11. The van der Waals surface area contributed by atoms with Crippen LogP contribution in [0.25, 0.3) is 0 Å². The van der Waals surface area contributed by atoms with Gasteiger partial charge < -0.3 is 14.6 Å². The van der Waals surface area contributed by atoms with Gasteiger partial charge in [-0.1, -0.05) is 0 Å². The molecule has 1 heterocycles. The lowest BCUT2D eigenvalue weighted by atomic mass is 10.2. The van der Waals surface area contributed by atoms with E-state index in [1.54, 1.807) is 13.3 Å². The summed E-state index contributed by atoms with van der Waals surface area (Å²) < 4.78 is 12.5. The average Bonchev–Trinajstić information content (AvgIpc) is 2.46. The number of hydrogen-bond acceptors (Lipinski definition) is 4. The number of aromatic nitrogens is 1. The van der Waals surface area contributed by atoms with Crippen LogP contribution in [0, 0.1) is 0 Å². The summed E-state index contributed by atoms with van der Waals surface area (Å²) in [4.78, 5) is 4.12. The minimum Gasteiger partial charge on any atom is -0.486 e. The van der Waals surface area contributed by atoms with E-state index in [2.05, 4.69) is 36.8 Å². The smallest absolute Gasteiger partial charge is 0.219 e. The van der Waals surface area contributed by atoms with Gasteiger partial charge in [-0.15, -0.1) is 0 Å². The summed E-state index contributed by atoms with van der Waals surface area (Å²) in [5.41, 5.74) is 1.66. The molecule has 6 heteroatoms. The van der Waals surface area contributed by atoms with E-state index in [0.29, 0.717) is 18.2 Å². The molecule has 0 unspecified atom stereocenters. The molecule has 106 valence electrons. The first kappa shape index (κ1) is 15.3. The number of pyridine rings is 1. The molecule has 1 N–H and O–H groups in total. The van der Waals surface area contributed by atoms with Gasteiger partial charge in [0.25, 0.3) is 0 Å². The highest BCUT2D eigenvalue weighted by atomic mass is 79.9. The largest absolute Gasteiger partial charge is 0.486 e. The number of methoxy groups -OCH3 is 1. The summed E-state index contributed by atoms with van der Waals surface area (Å²) >= 11 is 6.87. The normalized spacial score (nSPS) is 10.4. The second-order valence-electron chi connectivity index (χ2n) is 4.01. The van der Waals surface area contributed by atoms with Crippen molar-refractivity contribution in [1.82, 2.24) is 4.98 Å². The molecule has 0 saturated carbocycles. The Morgan fingerprint density at radius 1 is 1.25 bits per heavy atom. The fourth-order valence-electron chi connectivity index (χ4n) is 1.71. The van der Waals surface area contributed by atoms with Crippen LogP contribution >= 0.6 is 31.9 Å². The van der Waals surface area contributed by atoms with E-state index < -0.39 is 0 Å². The van der Waals surface area contributed by atoms with Crippen molar-refractivity contribution in [2.45, 2.75) is 13.2 Å². The fraction of sp³-hybridized carbons (Fsp3) is 0.214. The van der Waals surface area contributed by atoms with Gasteiger partial charge in [0.1, 0.15) is 12.4 Å². The van der Waals surface area contributed by atoms with Gasteiger partial charge in [-0.25, -0.2) is 4.98 Å². The third-order valence-electron chi connectivity index (χ3n) is 2.66. The van der Waals surface area contributed by atoms with Gasteiger partial charge >= 0.3 is 0 Å². The van der Waals surface area contributed by atoms with Crippen LogP contribution in [0.2, 0.25) is 0 Å². The van der Waals surface area contributed by atoms with Crippen LogP contribution < -0.4 is 9.47 Å². The number of aliphatic hydroxyl groups is 1. The SMILES string of the molecule is COc1ncccc1COc1c(Br)cc(CO)cc1Br. The molecular formula is C14H13Br2NO3. The van der Waals surface area contributed by atoms with E-state index >= 15 is 0 Å². The van der Waals surface area contributed by atoms with E-state index in [1.165, 1.54) is 0 Å². The number of rotatable bonds is 5. The quantitative estimate of drug-likeness (QED) is 0.828. The topological polar surface area (TPSA) is 51.6 Å². The lowest BCUT2D eigenvalue weighted by molar-refractivity contribution is 0.279. The molecule has 0 saturated heterocycles. The Labute approximate surface area is 134 Å². The third kappa shape index (κ3) is 3.50. The van der Waals surface area contributed by atoms with Crippen LogP contribution in [-0.4, -0.2) is 17.2 Å². The predicted octanol–water partition coefficient (Wildman–Crippen LogP) is 3.69. The van der Waals surface area contributed by atoms with Crippen LogP contribution in [-0.2, 0) is 13.2 Å². The Kier molecular flexibility index (Phi) is 5.39. The molecule has 0 amide bonds. The molecule has 0 atom stereocenters. The number of hydrogen-bond donors (Lipinski definition) is 1. The van der Waals surface area contributed by atoms with Crippen LogP contribution in [0.1, 0.15) is 11.1 Å². The molecule has 0 fully saturated rings. The summed E-state index contributed by atoms with van der Waals surface area (Å²) in [6.07, 6.45) is 1.67. The molecule has 4 nitrogen and oxygen atoms in total. The molecule has 0 spiro atoms. The molecule has 1 aromatic carbocycles. The highest BCUT2D eigenvalue weighted by molar-refractivity contribution is 9.11. The summed E-state index contributed by atoms with van der Waals surface area (Å²) in [7, 11) is 1.58. The van der Waals surface area contributed by atoms with Crippen molar-refractivity contribution in [1.29, 1.82) is 0 Å². The molecular weight excluding hydrogens is 390 g/mol. The number of nitrogens with zero attached hydrogens (tertiary/aromatic N) is 1. The van der Waals surface area contributed by atoms with Gasteiger partial charge in [0, 0.05) is 6.20 Å². The fourth-order valence-corrected chi connectivity index (χ4v) is 3.22. The first-order valence-corrected chi connectivity index (χ1v) is 7.43. The first-order chi connectivity index (χ1) is 9.65. The maximum atomic E-state index is 9.15. The third-order valence-corrected chi connectivity index (χ3v) is 3.83. The van der Waals surface area contributed by atoms with Crippen LogP contribution in [0.3, 0.4) is 0 Å². The summed E-state index contributed by atoms with van der Waals surface area (Å²) in [5.74, 6) is 1.22. The van der Waals surface area contributed by atoms with Gasteiger partial charge in [-0.05, 0) is 61.7 Å². The van der Waals surface area contributed by atoms with E-state index in [9.17, 15) is 0 Å². The van der Waals surface area contributed by atoms with E-state index in [1.807, 2.05) is 24.3 Å². The molecule has 0 aliphatic heterocycles. The van der Waals surface area contributed by atoms with Gasteiger partial charge in [-0.3, -0.25) is 0 Å². The lowest BCUT2D eigenvalue weighted by Crippen LogP contribution is -2.01. The van der Waals surface area contributed by atoms with Crippen molar-refractivity contribution in [2.75, 3.05) is 7.11 Å². The van der Waals surface area contributed by atoms with E-state index in [4.69, 9.17) is 14.6 Å². The molecule has 1 aromatic heterocycles. The van der Waals surface area contributed by atoms with Gasteiger partial charge in [-0.2, -0.15) is 0 Å². The Balaban J connectivity index is 2.19. The van der Waals surface area contributed by atoms with Crippen molar-refractivity contribution >= 4 is 31.9 Å². The van der Waals surface area contributed by atoms with Crippen LogP contribution in [0.4, 0.5) is 0 Å². The molecule has 0 radical (unpaired) electrons. The summed E-state index contributed by atoms with van der Waals surface area (Å²) in [6, 6.07) is 7.37. The molecule has 20 heavy (non-hydrogen) atoms. The molecule has 2 aromatic rings. The number of ether oxygens (including phenoxy) is 2. The minimum atomic E-state index is -0.0199. The van der Waals surface area contributed by atoms with Crippen molar-refractivity contribution in [3.63, 3.8) is 0 Å². The second kappa shape index (κ2) is 7.06.